The first-order valence-corrected chi connectivity index (χ1v) is 10.1. The number of aryl methyl sites for hydroxylation is 1. The van der Waals surface area contributed by atoms with Crippen LogP contribution in [0.1, 0.15) is 27.9 Å². The molecule has 3 aromatic rings. The normalized spacial score (nSPS) is 20.9. The van der Waals surface area contributed by atoms with E-state index >= 15 is 0 Å². The smallest absolute Gasteiger partial charge is 0.259 e. The van der Waals surface area contributed by atoms with Crippen molar-refractivity contribution in [2.45, 2.75) is 18.4 Å². The van der Waals surface area contributed by atoms with Crippen molar-refractivity contribution in [2.75, 3.05) is 29.9 Å². The van der Waals surface area contributed by atoms with Crippen molar-refractivity contribution in [1.29, 1.82) is 0 Å². The summed E-state index contributed by atoms with van der Waals surface area (Å²) in [6.45, 7) is 2.22. The summed E-state index contributed by atoms with van der Waals surface area (Å²) in [5.74, 6) is 0.624. The molecule has 28 heavy (non-hydrogen) atoms. The molecule has 8 heteroatoms. The Morgan fingerprint density at radius 3 is 3.00 bits per heavy atom. The lowest BCUT2D eigenvalue weighted by Gasteiger charge is -2.41. The summed E-state index contributed by atoms with van der Waals surface area (Å²) in [4.78, 5) is 19.1. The minimum atomic E-state index is -0.260. The SMILES string of the molecule is O=C(Nc1nncs1)c1ccc(N2CCOC3(CCc4ccccc43)C2)nc1. The minimum absolute atomic E-state index is 0.237. The number of anilines is 2. The molecule has 1 spiro atoms. The lowest BCUT2D eigenvalue weighted by atomic mass is 9.93. The zero-order chi connectivity index (χ0) is 19.0. The zero-order valence-electron chi connectivity index (χ0n) is 15.2. The van der Waals surface area contributed by atoms with Crippen molar-refractivity contribution in [3.05, 3.63) is 64.8 Å². The summed E-state index contributed by atoms with van der Waals surface area (Å²) in [5, 5.41) is 10.7. The highest BCUT2D eigenvalue weighted by Crippen LogP contribution is 2.42. The summed E-state index contributed by atoms with van der Waals surface area (Å²) >= 11 is 1.28. The number of rotatable bonds is 3. The second-order valence-corrected chi connectivity index (χ2v) is 7.86. The van der Waals surface area contributed by atoms with Gasteiger partial charge in [0.05, 0.1) is 18.7 Å². The number of nitrogens with zero attached hydrogens (tertiary/aromatic N) is 4. The van der Waals surface area contributed by atoms with Crippen LogP contribution < -0.4 is 10.2 Å². The largest absolute Gasteiger partial charge is 0.367 e. The van der Waals surface area contributed by atoms with Gasteiger partial charge in [-0.2, -0.15) is 0 Å². The third-order valence-corrected chi connectivity index (χ3v) is 6.01. The van der Waals surface area contributed by atoms with E-state index in [-0.39, 0.29) is 11.5 Å². The molecule has 2 aromatic heterocycles. The maximum atomic E-state index is 12.3. The van der Waals surface area contributed by atoms with Crippen LogP contribution in [0.25, 0.3) is 0 Å². The van der Waals surface area contributed by atoms with Crippen LogP contribution in [0.3, 0.4) is 0 Å². The lowest BCUT2D eigenvalue weighted by molar-refractivity contribution is -0.0594. The van der Waals surface area contributed by atoms with Crippen molar-refractivity contribution in [1.82, 2.24) is 15.2 Å². The van der Waals surface area contributed by atoms with Gasteiger partial charge in [0, 0.05) is 12.7 Å². The van der Waals surface area contributed by atoms with Crippen molar-refractivity contribution in [3.8, 4) is 0 Å². The van der Waals surface area contributed by atoms with E-state index in [1.54, 1.807) is 17.8 Å². The maximum Gasteiger partial charge on any atom is 0.259 e. The molecule has 2 aliphatic rings. The molecule has 1 atom stereocenters. The van der Waals surface area contributed by atoms with Crippen LogP contribution in [0.4, 0.5) is 10.9 Å². The molecule has 3 heterocycles. The van der Waals surface area contributed by atoms with Gasteiger partial charge in [-0.15, -0.1) is 10.2 Å². The van der Waals surface area contributed by atoms with Gasteiger partial charge in [0.2, 0.25) is 5.13 Å². The molecule has 1 N–H and O–H groups in total. The Bertz CT molecular complexity index is 988. The number of carbonyl (C=O) groups excluding carboxylic acids is 1. The van der Waals surface area contributed by atoms with Crippen LogP contribution in [0, 0.1) is 0 Å². The molecule has 1 aliphatic heterocycles. The van der Waals surface area contributed by atoms with Gasteiger partial charge in [0.15, 0.2) is 0 Å². The molecular formula is C20H19N5O2S. The second kappa shape index (κ2) is 6.96. The van der Waals surface area contributed by atoms with Gasteiger partial charge >= 0.3 is 0 Å². The lowest BCUT2D eigenvalue weighted by Crippen LogP contribution is -2.49. The van der Waals surface area contributed by atoms with Crippen LogP contribution >= 0.6 is 11.3 Å². The number of hydrogen-bond acceptors (Lipinski definition) is 7. The van der Waals surface area contributed by atoms with E-state index in [9.17, 15) is 4.79 Å². The molecule has 0 bridgehead atoms. The number of ether oxygens (including phenoxy) is 1. The van der Waals surface area contributed by atoms with Crippen LogP contribution in [0.5, 0.6) is 0 Å². The first-order chi connectivity index (χ1) is 13.7. The third kappa shape index (κ3) is 3.04. The fraction of sp³-hybridized carbons (Fsp3) is 0.300. The summed E-state index contributed by atoms with van der Waals surface area (Å²) in [6, 6.07) is 12.2. The summed E-state index contributed by atoms with van der Waals surface area (Å²) in [6.07, 6.45) is 3.64. The third-order valence-electron chi connectivity index (χ3n) is 5.41. The monoisotopic (exact) mass is 393 g/mol. The molecule has 1 fully saturated rings. The fourth-order valence-electron chi connectivity index (χ4n) is 4.05. The highest BCUT2D eigenvalue weighted by Gasteiger charge is 2.43. The predicted molar refractivity (Wildman–Crippen MR) is 107 cm³/mol. The molecule has 1 saturated heterocycles. The Hall–Kier alpha value is -2.84. The Labute approximate surface area is 166 Å². The molecule has 1 unspecified atom stereocenters. The molecule has 1 aromatic carbocycles. The van der Waals surface area contributed by atoms with Crippen molar-refractivity contribution in [3.63, 3.8) is 0 Å². The topological polar surface area (TPSA) is 80.2 Å². The number of benzene rings is 1. The molecule has 1 amide bonds. The summed E-state index contributed by atoms with van der Waals surface area (Å²) in [5.41, 5.74) is 4.48. The van der Waals surface area contributed by atoms with E-state index in [1.807, 2.05) is 6.07 Å². The Morgan fingerprint density at radius 1 is 1.25 bits per heavy atom. The van der Waals surface area contributed by atoms with Gasteiger partial charge in [-0.05, 0) is 36.1 Å². The van der Waals surface area contributed by atoms with Gasteiger partial charge in [-0.3, -0.25) is 10.1 Å². The molecule has 1 aliphatic carbocycles. The molecule has 0 radical (unpaired) electrons. The summed E-state index contributed by atoms with van der Waals surface area (Å²) in [7, 11) is 0. The van der Waals surface area contributed by atoms with E-state index in [2.05, 4.69) is 49.7 Å². The molecular weight excluding hydrogens is 374 g/mol. The standard InChI is InChI=1S/C20H19N5O2S/c26-18(23-19-24-22-13-28-19)15-5-6-17(21-11-15)25-9-10-27-20(12-25)8-7-14-3-1-2-4-16(14)20/h1-6,11,13H,7-10,12H2,(H,23,24,26). The van der Waals surface area contributed by atoms with Crippen molar-refractivity contribution < 1.29 is 9.53 Å². The van der Waals surface area contributed by atoms with E-state index in [0.29, 0.717) is 17.3 Å². The van der Waals surface area contributed by atoms with Crippen molar-refractivity contribution >= 4 is 28.2 Å². The predicted octanol–water partition coefficient (Wildman–Crippen LogP) is 2.86. The molecule has 7 nitrogen and oxygen atoms in total. The Kier molecular flexibility index (Phi) is 4.29. The summed E-state index contributed by atoms with van der Waals surface area (Å²) < 4.78 is 6.28. The number of pyridine rings is 1. The first-order valence-electron chi connectivity index (χ1n) is 9.24. The van der Waals surface area contributed by atoms with Gasteiger partial charge in [-0.25, -0.2) is 4.98 Å². The van der Waals surface area contributed by atoms with E-state index in [0.717, 1.165) is 31.7 Å². The highest BCUT2D eigenvalue weighted by atomic mass is 32.1. The number of aromatic nitrogens is 3. The minimum Gasteiger partial charge on any atom is -0.367 e. The van der Waals surface area contributed by atoms with Gasteiger partial charge in [0.25, 0.3) is 5.91 Å². The second-order valence-electron chi connectivity index (χ2n) is 7.02. The molecule has 142 valence electrons. The van der Waals surface area contributed by atoms with Gasteiger partial charge in [0.1, 0.15) is 16.9 Å². The number of hydrogen-bond donors (Lipinski definition) is 1. The average Bonchev–Trinajstić information content (AvgIpc) is 3.37. The fourth-order valence-corrected chi connectivity index (χ4v) is 4.49. The van der Waals surface area contributed by atoms with Crippen LogP contribution in [0.2, 0.25) is 0 Å². The number of morpholine rings is 1. The van der Waals surface area contributed by atoms with Crippen molar-refractivity contribution in [2.24, 2.45) is 0 Å². The quantitative estimate of drug-likeness (QED) is 0.737. The Balaban J connectivity index is 1.33. The van der Waals surface area contributed by atoms with Crippen LogP contribution in [-0.2, 0) is 16.8 Å². The van der Waals surface area contributed by atoms with E-state index < -0.39 is 0 Å². The number of carbonyl (C=O) groups is 1. The van der Waals surface area contributed by atoms with Crippen LogP contribution in [0.15, 0.2) is 48.1 Å². The maximum absolute atomic E-state index is 12.3. The molecule has 5 rings (SSSR count). The highest BCUT2D eigenvalue weighted by molar-refractivity contribution is 7.13. The first kappa shape index (κ1) is 17.3. The number of nitrogens with one attached hydrogen (secondary N) is 1. The van der Waals surface area contributed by atoms with Crippen LogP contribution in [-0.4, -0.2) is 40.8 Å². The number of amides is 1. The van der Waals surface area contributed by atoms with E-state index in [4.69, 9.17) is 4.74 Å². The molecule has 0 saturated carbocycles. The average molecular weight is 393 g/mol. The zero-order valence-corrected chi connectivity index (χ0v) is 16.0. The van der Waals surface area contributed by atoms with E-state index in [1.165, 1.54) is 22.5 Å². The number of fused-ring (bicyclic) bond motifs is 2. The van der Waals surface area contributed by atoms with Gasteiger partial charge < -0.3 is 9.64 Å². The van der Waals surface area contributed by atoms with Gasteiger partial charge in [-0.1, -0.05) is 35.6 Å². The Morgan fingerprint density at radius 2 is 2.18 bits per heavy atom.